The van der Waals surface area contributed by atoms with Gasteiger partial charge >= 0.3 is 0 Å². The van der Waals surface area contributed by atoms with E-state index in [0.717, 1.165) is 12.1 Å². The first-order valence-electron chi connectivity index (χ1n) is 4.49. The summed E-state index contributed by atoms with van der Waals surface area (Å²) in [5.41, 5.74) is 0.151. The van der Waals surface area contributed by atoms with Crippen LogP contribution < -0.4 is 5.32 Å². The normalized spacial score (nSPS) is 12.2. The molecule has 0 aromatic heterocycles. The highest BCUT2D eigenvalue weighted by Crippen LogP contribution is 2.16. The number of rotatable bonds is 4. The maximum Gasteiger partial charge on any atom is 0.235 e. The van der Waals surface area contributed by atoms with Gasteiger partial charge < -0.3 is 10.4 Å². The number of nitrogens with one attached hydrogen (secondary N) is 1. The smallest absolute Gasteiger partial charge is 0.235 e. The van der Waals surface area contributed by atoms with Crippen LogP contribution in [-0.4, -0.2) is 23.5 Å². The molecule has 1 rings (SSSR count). The van der Waals surface area contributed by atoms with Crippen molar-refractivity contribution in [2.24, 2.45) is 0 Å². The molecule has 0 bridgehead atoms. The fourth-order valence-electron chi connectivity index (χ4n) is 1.24. The number of halogens is 3. The van der Waals surface area contributed by atoms with Gasteiger partial charge in [0.1, 0.15) is 17.5 Å². The number of alkyl halides is 1. The maximum absolute atomic E-state index is 12.9. The predicted octanol–water partition coefficient (Wildman–Crippen LogP) is 1.35. The largest absolute Gasteiger partial charge is 0.394 e. The molecule has 0 aliphatic heterocycles. The Morgan fingerprint density at radius 1 is 1.38 bits per heavy atom. The minimum atomic E-state index is -0.864. The molecule has 1 unspecified atom stereocenters. The number of amides is 1. The predicted molar refractivity (Wildman–Crippen MR) is 55.0 cm³/mol. The third-order valence-corrected chi connectivity index (χ3v) is 2.17. The van der Waals surface area contributed by atoms with E-state index in [2.05, 4.69) is 5.32 Å². The van der Waals surface area contributed by atoms with Gasteiger partial charge in [0, 0.05) is 6.07 Å². The number of aliphatic hydroxyl groups is 1. The van der Waals surface area contributed by atoms with Crippen LogP contribution in [0.3, 0.4) is 0 Å². The Morgan fingerprint density at radius 3 is 2.38 bits per heavy atom. The summed E-state index contributed by atoms with van der Waals surface area (Å²) in [5.74, 6) is -2.35. The standard InChI is InChI=1S/C10H10ClF2NO2/c11-4-10(16)14-9(5-15)6-1-7(12)3-8(13)2-6/h1-3,9,15H,4-5H2,(H,14,16). The van der Waals surface area contributed by atoms with E-state index in [9.17, 15) is 13.6 Å². The van der Waals surface area contributed by atoms with Crippen molar-refractivity contribution >= 4 is 17.5 Å². The average molecular weight is 250 g/mol. The number of hydrogen-bond donors (Lipinski definition) is 2. The van der Waals surface area contributed by atoms with E-state index in [1.807, 2.05) is 0 Å². The second kappa shape index (κ2) is 5.77. The minimum absolute atomic E-state index is 0.151. The van der Waals surface area contributed by atoms with E-state index in [0.29, 0.717) is 6.07 Å². The Hall–Kier alpha value is -1.20. The van der Waals surface area contributed by atoms with Crippen molar-refractivity contribution in [3.05, 3.63) is 35.4 Å². The highest BCUT2D eigenvalue weighted by atomic mass is 35.5. The summed E-state index contributed by atoms with van der Waals surface area (Å²) >= 11 is 5.26. The first-order valence-corrected chi connectivity index (χ1v) is 5.02. The summed E-state index contributed by atoms with van der Waals surface area (Å²) in [6.07, 6.45) is 0. The van der Waals surface area contributed by atoms with Crippen molar-refractivity contribution in [2.45, 2.75) is 6.04 Å². The lowest BCUT2D eigenvalue weighted by Gasteiger charge is -2.16. The molecule has 16 heavy (non-hydrogen) atoms. The van der Waals surface area contributed by atoms with Gasteiger partial charge in [-0.3, -0.25) is 4.79 Å². The van der Waals surface area contributed by atoms with Crippen LogP contribution in [0.5, 0.6) is 0 Å². The van der Waals surface area contributed by atoms with E-state index in [1.54, 1.807) is 0 Å². The molecule has 1 atom stereocenters. The van der Waals surface area contributed by atoms with Gasteiger partial charge in [0.2, 0.25) is 5.91 Å². The monoisotopic (exact) mass is 249 g/mol. The molecule has 0 saturated carbocycles. The molecule has 1 amide bonds. The molecule has 1 aromatic carbocycles. The van der Waals surface area contributed by atoms with Crippen LogP contribution in [-0.2, 0) is 4.79 Å². The number of hydrogen-bond acceptors (Lipinski definition) is 2. The molecule has 88 valence electrons. The van der Waals surface area contributed by atoms with Crippen molar-refractivity contribution in [3.63, 3.8) is 0 Å². The minimum Gasteiger partial charge on any atom is -0.394 e. The average Bonchev–Trinajstić information content (AvgIpc) is 2.24. The molecular formula is C10H10ClF2NO2. The van der Waals surface area contributed by atoms with Crippen LogP contribution in [0, 0.1) is 11.6 Å². The van der Waals surface area contributed by atoms with Crippen molar-refractivity contribution in [2.75, 3.05) is 12.5 Å². The van der Waals surface area contributed by atoms with Crippen molar-refractivity contribution < 1.29 is 18.7 Å². The lowest BCUT2D eigenvalue weighted by molar-refractivity contribution is -0.119. The number of carbonyl (C=O) groups excluding carboxylic acids is 1. The number of carbonyl (C=O) groups is 1. The van der Waals surface area contributed by atoms with Crippen LogP contribution >= 0.6 is 11.6 Å². The molecule has 0 spiro atoms. The molecule has 0 aliphatic rings. The molecule has 2 N–H and O–H groups in total. The molecule has 0 heterocycles. The molecule has 0 aliphatic carbocycles. The maximum atomic E-state index is 12.9. The van der Waals surface area contributed by atoms with Crippen LogP contribution in [0.1, 0.15) is 11.6 Å². The Kier molecular flexibility index (Phi) is 4.64. The van der Waals surface area contributed by atoms with Gasteiger partial charge in [0.05, 0.1) is 12.6 Å². The van der Waals surface area contributed by atoms with Crippen molar-refractivity contribution in [3.8, 4) is 0 Å². The first-order chi connectivity index (χ1) is 7.56. The van der Waals surface area contributed by atoms with E-state index < -0.39 is 30.2 Å². The van der Waals surface area contributed by atoms with Crippen LogP contribution in [0.4, 0.5) is 8.78 Å². The summed E-state index contributed by atoms with van der Waals surface area (Å²) in [7, 11) is 0. The number of aliphatic hydroxyl groups excluding tert-OH is 1. The fourth-order valence-corrected chi connectivity index (χ4v) is 1.32. The van der Waals surface area contributed by atoms with Crippen LogP contribution in [0.25, 0.3) is 0 Å². The second-order valence-corrected chi connectivity index (χ2v) is 3.41. The Bertz CT molecular complexity index is 367. The third-order valence-electron chi connectivity index (χ3n) is 1.93. The van der Waals surface area contributed by atoms with Gasteiger partial charge in [-0.2, -0.15) is 0 Å². The molecular weight excluding hydrogens is 240 g/mol. The summed E-state index contributed by atoms with van der Waals surface area (Å²) in [5, 5.41) is 11.3. The fraction of sp³-hybridized carbons (Fsp3) is 0.300. The number of benzene rings is 1. The van der Waals surface area contributed by atoms with Gasteiger partial charge in [-0.15, -0.1) is 11.6 Å². The highest BCUT2D eigenvalue weighted by molar-refractivity contribution is 6.27. The lowest BCUT2D eigenvalue weighted by atomic mass is 10.1. The van der Waals surface area contributed by atoms with Gasteiger partial charge in [0.25, 0.3) is 0 Å². The van der Waals surface area contributed by atoms with Gasteiger partial charge in [-0.05, 0) is 17.7 Å². The topological polar surface area (TPSA) is 49.3 Å². The second-order valence-electron chi connectivity index (χ2n) is 3.14. The Labute approximate surface area is 96.0 Å². The Balaban J connectivity index is 2.90. The van der Waals surface area contributed by atoms with E-state index >= 15 is 0 Å². The zero-order valence-corrected chi connectivity index (χ0v) is 8.97. The van der Waals surface area contributed by atoms with Crippen molar-refractivity contribution in [1.29, 1.82) is 0 Å². The quantitative estimate of drug-likeness (QED) is 0.792. The third kappa shape index (κ3) is 3.43. The summed E-state index contributed by atoms with van der Waals surface area (Å²) < 4.78 is 25.8. The molecule has 1 aromatic rings. The highest BCUT2D eigenvalue weighted by Gasteiger charge is 2.14. The molecule has 6 heteroatoms. The van der Waals surface area contributed by atoms with E-state index in [4.69, 9.17) is 16.7 Å². The van der Waals surface area contributed by atoms with Gasteiger partial charge in [0.15, 0.2) is 0 Å². The molecule has 0 radical (unpaired) electrons. The zero-order chi connectivity index (χ0) is 12.1. The van der Waals surface area contributed by atoms with Gasteiger partial charge in [-0.25, -0.2) is 8.78 Å². The summed E-state index contributed by atoms with van der Waals surface area (Å²) in [6, 6.07) is 1.93. The molecule has 0 saturated heterocycles. The van der Waals surface area contributed by atoms with Crippen LogP contribution in [0.15, 0.2) is 18.2 Å². The summed E-state index contributed by atoms with van der Waals surface area (Å²) in [4.78, 5) is 11.0. The summed E-state index contributed by atoms with van der Waals surface area (Å²) in [6.45, 7) is -0.467. The van der Waals surface area contributed by atoms with E-state index in [-0.39, 0.29) is 11.4 Å². The SMILES string of the molecule is O=C(CCl)NC(CO)c1cc(F)cc(F)c1. The lowest BCUT2D eigenvalue weighted by Crippen LogP contribution is -2.31. The molecule has 3 nitrogen and oxygen atoms in total. The van der Waals surface area contributed by atoms with Gasteiger partial charge in [-0.1, -0.05) is 0 Å². The van der Waals surface area contributed by atoms with Crippen molar-refractivity contribution in [1.82, 2.24) is 5.32 Å². The molecule has 0 fully saturated rings. The first kappa shape index (κ1) is 12.9. The zero-order valence-electron chi connectivity index (χ0n) is 8.21. The Morgan fingerprint density at radius 2 is 1.94 bits per heavy atom. The van der Waals surface area contributed by atoms with E-state index in [1.165, 1.54) is 0 Å². The van der Waals surface area contributed by atoms with Crippen LogP contribution in [0.2, 0.25) is 0 Å².